The number of aryl methyl sites for hydroxylation is 1. The summed E-state index contributed by atoms with van der Waals surface area (Å²) in [6.45, 7) is 4.45. The molecule has 1 saturated heterocycles. The maximum absolute atomic E-state index is 11.8. The number of hydrogen-bond acceptors (Lipinski definition) is 3. The van der Waals surface area contributed by atoms with Crippen LogP contribution in [0.15, 0.2) is 12.1 Å². The number of rotatable bonds is 3. The summed E-state index contributed by atoms with van der Waals surface area (Å²) < 4.78 is 5.28. The van der Waals surface area contributed by atoms with Crippen molar-refractivity contribution in [3.05, 3.63) is 21.9 Å². The lowest BCUT2D eigenvalue weighted by Gasteiger charge is -2.21. The van der Waals surface area contributed by atoms with Crippen LogP contribution in [0.5, 0.6) is 0 Å². The molecule has 4 heteroatoms. The van der Waals surface area contributed by atoms with Crippen LogP contribution >= 0.6 is 11.3 Å². The minimum Gasteiger partial charge on any atom is -0.381 e. The molecule has 1 aliphatic rings. The summed E-state index contributed by atoms with van der Waals surface area (Å²) in [5, 5.41) is 3.00. The van der Waals surface area contributed by atoms with Gasteiger partial charge >= 0.3 is 0 Å². The van der Waals surface area contributed by atoms with E-state index in [-0.39, 0.29) is 5.91 Å². The Balaban J connectivity index is 1.79. The molecule has 1 aliphatic heterocycles. The molecule has 0 spiro atoms. The number of carbonyl (C=O) groups excluding carboxylic acids is 1. The van der Waals surface area contributed by atoms with Gasteiger partial charge < -0.3 is 10.1 Å². The molecule has 2 rings (SSSR count). The average Bonchev–Trinajstić information content (AvgIpc) is 2.74. The number of ether oxygens (including phenoxy) is 1. The Morgan fingerprint density at radius 3 is 2.88 bits per heavy atom. The number of thiophene rings is 1. The zero-order valence-corrected chi connectivity index (χ0v) is 10.3. The molecule has 1 N–H and O–H groups in total. The van der Waals surface area contributed by atoms with E-state index in [0.717, 1.165) is 37.5 Å². The molecule has 0 aromatic carbocycles. The predicted octanol–water partition coefficient (Wildman–Crippen LogP) is 2.21. The Bertz CT molecular complexity index is 356. The summed E-state index contributed by atoms with van der Waals surface area (Å²) in [4.78, 5) is 13.8. The first-order valence-electron chi connectivity index (χ1n) is 5.68. The van der Waals surface area contributed by atoms with Crippen molar-refractivity contribution in [3.8, 4) is 0 Å². The van der Waals surface area contributed by atoms with Gasteiger partial charge in [0.05, 0.1) is 4.88 Å². The second kappa shape index (κ2) is 5.46. The maximum Gasteiger partial charge on any atom is 0.261 e. The van der Waals surface area contributed by atoms with Gasteiger partial charge in [-0.1, -0.05) is 0 Å². The van der Waals surface area contributed by atoms with Crippen LogP contribution in [0.4, 0.5) is 0 Å². The molecular weight excluding hydrogens is 222 g/mol. The molecule has 88 valence electrons. The Kier molecular flexibility index (Phi) is 3.96. The van der Waals surface area contributed by atoms with Crippen LogP contribution in [0.2, 0.25) is 0 Å². The number of carbonyl (C=O) groups is 1. The molecule has 2 heterocycles. The normalized spacial score (nSPS) is 17.3. The highest BCUT2D eigenvalue weighted by Crippen LogP contribution is 2.16. The van der Waals surface area contributed by atoms with Gasteiger partial charge in [-0.25, -0.2) is 0 Å². The highest BCUT2D eigenvalue weighted by atomic mass is 32.1. The number of hydrogen-bond donors (Lipinski definition) is 1. The minimum atomic E-state index is 0.0598. The molecule has 0 unspecified atom stereocenters. The monoisotopic (exact) mass is 239 g/mol. The van der Waals surface area contributed by atoms with Gasteiger partial charge in [0.1, 0.15) is 0 Å². The zero-order chi connectivity index (χ0) is 11.4. The van der Waals surface area contributed by atoms with Crippen molar-refractivity contribution in [2.24, 2.45) is 5.92 Å². The van der Waals surface area contributed by atoms with Gasteiger partial charge in [0, 0.05) is 24.6 Å². The van der Waals surface area contributed by atoms with Crippen LogP contribution in [0.3, 0.4) is 0 Å². The highest BCUT2D eigenvalue weighted by molar-refractivity contribution is 7.13. The number of amides is 1. The van der Waals surface area contributed by atoms with E-state index in [1.54, 1.807) is 11.3 Å². The third-order valence-corrected chi connectivity index (χ3v) is 3.86. The van der Waals surface area contributed by atoms with Crippen LogP contribution in [-0.2, 0) is 4.74 Å². The second-order valence-corrected chi connectivity index (χ2v) is 5.46. The summed E-state index contributed by atoms with van der Waals surface area (Å²) >= 11 is 1.55. The van der Waals surface area contributed by atoms with Crippen molar-refractivity contribution in [2.75, 3.05) is 19.8 Å². The van der Waals surface area contributed by atoms with Gasteiger partial charge in [-0.15, -0.1) is 11.3 Å². The first kappa shape index (κ1) is 11.6. The third-order valence-electron chi connectivity index (χ3n) is 2.86. The van der Waals surface area contributed by atoms with Crippen molar-refractivity contribution >= 4 is 17.2 Å². The largest absolute Gasteiger partial charge is 0.381 e. The SMILES string of the molecule is Cc1ccc(C(=O)NCC2CCOCC2)s1. The van der Waals surface area contributed by atoms with Gasteiger partial charge in [0.25, 0.3) is 5.91 Å². The van der Waals surface area contributed by atoms with Crippen LogP contribution in [-0.4, -0.2) is 25.7 Å². The van der Waals surface area contributed by atoms with Crippen molar-refractivity contribution in [1.82, 2.24) is 5.32 Å². The summed E-state index contributed by atoms with van der Waals surface area (Å²) in [6, 6.07) is 3.87. The summed E-state index contributed by atoms with van der Waals surface area (Å²) in [6.07, 6.45) is 2.12. The van der Waals surface area contributed by atoms with Gasteiger partial charge in [-0.2, -0.15) is 0 Å². The Morgan fingerprint density at radius 1 is 1.50 bits per heavy atom. The van der Waals surface area contributed by atoms with E-state index >= 15 is 0 Å². The quantitative estimate of drug-likeness (QED) is 0.878. The van der Waals surface area contributed by atoms with E-state index in [2.05, 4.69) is 5.32 Å². The van der Waals surface area contributed by atoms with E-state index in [4.69, 9.17) is 4.74 Å². The minimum absolute atomic E-state index is 0.0598. The van der Waals surface area contributed by atoms with Gasteiger partial charge in [-0.3, -0.25) is 4.79 Å². The summed E-state index contributed by atoms with van der Waals surface area (Å²) in [5.41, 5.74) is 0. The average molecular weight is 239 g/mol. The van der Waals surface area contributed by atoms with E-state index in [1.165, 1.54) is 4.88 Å². The standard InChI is InChI=1S/C12H17NO2S/c1-9-2-3-11(16-9)12(14)13-8-10-4-6-15-7-5-10/h2-3,10H,4-8H2,1H3,(H,13,14). The van der Waals surface area contributed by atoms with Gasteiger partial charge in [0.15, 0.2) is 0 Å². The van der Waals surface area contributed by atoms with Crippen molar-refractivity contribution in [2.45, 2.75) is 19.8 Å². The smallest absolute Gasteiger partial charge is 0.261 e. The molecule has 1 aromatic heterocycles. The van der Waals surface area contributed by atoms with Crippen molar-refractivity contribution in [1.29, 1.82) is 0 Å². The molecule has 1 aromatic rings. The first-order chi connectivity index (χ1) is 7.75. The van der Waals surface area contributed by atoms with Crippen LogP contribution in [0.1, 0.15) is 27.4 Å². The molecule has 1 amide bonds. The van der Waals surface area contributed by atoms with Gasteiger partial charge in [0.2, 0.25) is 0 Å². The molecule has 1 fully saturated rings. The van der Waals surface area contributed by atoms with E-state index in [9.17, 15) is 4.79 Å². The van der Waals surface area contributed by atoms with E-state index in [1.807, 2.05) is 19.1 Å². The second-order valence-electron chi connectivity index (χ2n) is 4.18. The van der Waals surface area contributed by atoms with E-state index < -0.39 is 0 Å². The Labute approximate surface area is 99.8 Å². The highest BCUT2D eigenvalue weighted by Gasteiger charge is 2.15. The van der Waals surface area contributed by atoms with E-state index in [0.29, 0.717) is 5.92 Å². The Morgan fingerprint density at radius 2 is 2.25 bits per heavy atom. The zero-order valence-electron chi connectivity index (χ0n) is 9.49. The fourth-order valence-electron chi connectivity index (χ4n) is 1.83. The van der Waals surface area contributed by atoms with Crippen LogP contribution < -0.4 is 5.32 Å². The molecule has 0 radical (unpaired) electrons. The molecule has 0 saturated carbocycles. The predicted molar refractivity (Wildman–Crippen MR) is 64.9 cm³/mol. The fourth-order valence-corrected chi connectivity index (χ4v) is 2.62. The topological polar surface area (TPSA) is 38.3 Å². The number of nitrogens with one attached hydrogen (secondary N) is 1. The molecule has 16 heavy (non-hydrogen) atoms. The maximum atomic E-state index is 11.8. The first-order valence-corrected chi connectivity index (χ1v) is 6.50. The van der Waals surface area contributed by atoms with Gasteiger partial charge in [-0.05, 0) is 37.8 Å². The molecule has 0 atom stereocenters. The summed E-state index contributed by atoms with van der Waals surface area (Å²) in [7, 11) is 0. The lowest BCUT2D eigenvalue weighted by atomic mass is 10.0. The third kappa shape index (κ3) is 3.06. The van der Waals surface area contributed by atoms with Crippen molar-refractivity contribution < 1.29 is 9.53 Å². The lowest BCUT2D eigenvalue weighted by molar-refractivity contribution is 0.0643. The van der Waals surface area contributed by atoms with Crippen LogP contribution in [0.25, 0.3) is 0 Å². The molecular formula is C12H17NO2S. The Hall–Kier alpha value is -0.870. The van der Waals surface area contributed by atoms with Crippen LogP contribution in [0, 0.1) is 12.8 Å². The molecule has 3 nitrogen and oxygen atoms in total. The molecule has 0 aliphatic carbocycles. The lowest BCUT2D eigenvalue weighted by Crippen LogP contribution is -2.31. The summed E-state index contributed by atoms with van der Waals surface area (Å²) in [5.74, 6) is 0.642. The van der Waals surface area contributed by atoms with Crippen molar-refractivity contribution in [3.63, 3.8) is 0 Å². The fraction of sp³-hybridized carbons (Fsp3) is 0.583. The molecule has 0 bridgehead atoms.